The van der Waals surface area contributed by atoms with Gasteiger partial charge in [-0.25, -0.2) is 0 Å². The molecule has 3 rings (SSSR count). The molecule has 1 amide bonds. The first-order valence-corrected chi connectivity index (χ1v) is 11.3. The summed E-state index contributed by atoms with van der Waals surface area (Å²) in [5.74, 6) is -0.350. The number of Topliss-reactive ketones (excluding diaryl/α,β-unsaturated/α-hetero) is 1. The van der Waals surface area contributed by atoms with Crippen LogP contribution in [0.4, 0.5) is 32.0 Å². The zero-order valence-electron chi connectivity index (χ0n) is 19.2. The van der Waals surface area contributed by atoms with Crippen molar-refractivity contribution in [1.82, 2.24) is 4.90 Å². The van der Waals surface area contributed by atoms with E-state index in [1.54, 1.807) is 12.1 Å². The lowest BCUT2D eigenvalue weighted by Crippen LogP contribution is -2.48. The third-order valence-corrected chi connectivity index (χ3v) is 5.85. The molecule has 0 aromatic heterocycles. The summed E-state index contributed by atoms with van der Waals surface area (Å²) < 4.78 is 78.2. The van der Waals surface area contributed by atoms with E-state index in [2.05, 4.69) is 4.90 Å². The number of halogens is 6. The maximum Gasteiger partial charge on any atom is 0.416 e. The number of alkyl halides is 6. The van der Waals surface area contributed by atoms with Crippen molar-refractivity contribution in [3.63, 3.8) is 0 Å². The van der Waals surface area contributed by atoms with Crippen LogP contribution in [0.1, 0.15) is 42.0 Å². The van der Waals surface area contributed by atoms with Gasteiger partial charge in [-0.1, -0.05) is 19.1 Å². The molecule has 0 N–H and O–H groups in total. The van der Waals surface area contributed by atoms with Crippen LogP contribution in [-0.2, 0) is 34.8 Å². The van der Waals surface area contributed by atoms with E-state index in [4.69, 9.17) is 0 Å². The van der Waals surface area contributed by atoms with Gasteiger partial charge in [0, 0.05) is 51.1 Å². The molecule has 2 aromatic carbocycles. The van der Waals surface area contributed by atoms with Crippen LogP contribution in [0.15, 0.2) is 42.5 Å². The molecule has 4 nitrogen and oxygen atoms in total. The molecule has 0 atom stereocenters. The molecule has 2 aromatic rings. The smallest absolute Gasteiger partial charge is 0.368 e. The molecule has 1 aliphatic heterocycles. The Balaban J connectivity index is 1.62. The molecular weight excluding hydrogens is 474 g/mol. The molecule has 0 radical (unpaired) electrons. The van der Waals surface area contributed by atoms with E-state index >= 15 is 0 Å². The molecule has 1 heterocycles. The lowest BCUT2D eigenvalue weighted by Gasteiger charge is -2.36. The van der Waals surface area contributed by atoms with E-state index in [-0.39, 0.29) is 24.0 Å². The normalized spacial score (nSPS) is 14.8. The summed E-state index contributed by atoms with van der Waals surface area (Å²) in [5.41, 5.74) is -1.67. The van der Waals surface area contributed by atoms with Crippen LogP contribution >= 0.6 is 0 Å². The Labute approximate surface area is 199 Å². The molecule has 0 spiro atoms. The minimum atomic E-state index is -4.95. The molecule has 0 aliphatic carbocycles. The summed E-state index contributed by atoms with van der Waals surface area (Å²) >= 11 is 0. The number of rotatable bonds is 7. The Hall–Kier alpha value is -3.04. The zero-order valence-corrected chi connectivity index (χ0v) is 19.2. The van der Waals surface area contributed by atoms with Crippen molar-refractivity contribution in [2.45, 2.75) is 45.0 Å². The highest BCUT2D eigenvalue weighted by Crippen LogP contribution is 2.36. The number of hydrogen-bond acceptors (Lipinski definition) is 3. The molecule has 35 heavy (non-hydrogen) atoms. The minimum absolute atomic E-state index is 0.0478. The standard InChI is InChI=1S/C25H26F6N2O2/c1-2-3-23(35)33-10-8-32(9-11-33)21-6-4-17(5-7-21)14-22(34)15-18-12-19(24(26,27)28)16-20(13-18)25(29,30)31/h4-7,12-13,16H,2-3,8-11,14-15H2,1H3. The van der Waals surface area contributed by atoms with E-state index in [0.717, 1.165) is 12.1 Å². The summed E-state index contributed by atoms with van der Waals surface area (Å²) in [6, 6.07) is 8.29. The predicted molar refractivity (Wildman–Crippen MR) is 119 cm³/mol. The van der Waals surface area contributed by atoms with Crippen LogP contribution in [0.5, 0.6) is 0 Å². The second kappa shape index (κ2) is 10.7. The van der Waals surface area contributed by atoms with Gasteiger partial charge in [-0.05, 0) is 47.9 Å². The fourth-order valence-electron chi connectivity index (χ4n) is 4.05. The number of benzene rings is 2. The lowest BCUT2D eigenvalue weighted by molar-refractivity contribution is -0.143. The number of piperazine rings is 1. The maximum absolute atomic E-state index is 13.0. The van der Waals surface area contributed by atoms with Crippen LogP contribution in [0.3, 0.4) is 0 Å². The van der Waals surface area contributed by atoms with Crippen LogP contribution < -0.4 is 4.90 Å². The van der Waals surface area contributed by atoms with Crippen molar-refractivity contribution in [3.05, 3.63) is 64.7 Å². The fourth-order valence-corrected chi connectivity index (χ4v) is 4.05. The van der Waals surface area contributed by atoms with Gasteiger partial charge in [-0.15, -0.1) is 0 Å². The largest absolute Gasteiger partial charge is 0.416 e. The molecule has 10 heteroatoms. The van der Waals surface area contributed by atoms with Crippen LogP contribution in [0, 0.1) is 0 Å². The molecule has 1 aliphatic rings. The second-order valence-electron chi connectivity index (χ2n) is 8.59. The van der Waals surface area contributed by atoms with Gasteiger partial charge < -0.3 is 9.80 Å². The Morgan fingerprint density at radius 1 is 0.771 bits per heavy atom. The van der Waals surface area contributed by atoms with E-state index in [1.807, 2.05) is 24.0 Å². The highest BCUT2D eigenvalue weighted by molar-refractivity contribution is 5.83. The van der Waals surface area contributed by atoms with Gasteiger partial charge in [0.2, 0.25) is 5.91 Å². The monoisotopic (exact) mass is 500 g/mol. The van der Waals surface area contributed by atoms with E-state index in [0.29, 0.717) is 50.3 Å². The topological polar surface area (TPSA) is 40.6 Å². The molecular formula is C25H26F6N2O2. The summed E-state index contributed by atoms with van der Waals surface area (Å²) in [7, 11) is 0. The average molecular weight is 500 g/mol. The number of hydrogen-bond donors (Lipinski definition) is 0. The lowest BCUT2D eigenvalue weighted by atomic mass is 9.98. The van der Waals surface area contributed by atoms with Crippen molar-refractivity contribution in [1.29, 1.82) is 0 Å². The summed E-state index contributed by atoms with van der Waals surface area (Å²) in [5, 5.41) is 0. The highest BCUT2D eigenvalue weighted by Gasteiger charge is 2.37. The highest BCUT2D eigenvalue weighted by atomic mass is 19.4. The van der Waals surface area contributed by atoms with Gasteiger partial charge in [-0.2, -0.15) is 26.3 Å². The van der Waals surface area contributed by atoms with Crippen LogP contribution in [0.25, 0.3) is 0 Å². The second-order valence-corrected chi connectivity index (χ2v) is 8.59. The molecule has 1 saturated heterocycles. The number of ketones is 1. The van der Waals surface area contributed by atoms with Gasteiger partial charge in [0.15, 0.2) is 0 Å². The Bertz CT molecular complexity index is 1010. The van der Waals surface area contributed by atoms with E-state index < -0.39 is 35.7 Å². The van der Waals surface area contributed by atoms with Crippen molar-refractivity contribution in [2.75, 3.05) is 31.1 Å². The summed E-state index contributed by atoms with van der Waals surface area (Å²) in [4.78, 5) is 28.4. The zero-order chi connectivity index (χ0) is 25.8. The number of nitrogens with zero attached hydrogens (tertiary/aromatic N) is 2. The Morgan fingerprint density at radius 3 is 1.77 bits per heavy atom. The average Bonchev–Trinajstić information content (AvgIpc) is 2.78. The molecule has 0 saturated carbocycles. The third kappa shape index (κ3) is 7.22. The molecule has 0 unspecified atom stereocenters. The minimum Gasteiger partial charge on any atom is -0.368 e. The van der Waals surface area contributed by atoms with Crippen LogP contribution in [-0.4, -0.2) is 42.8 Å². The first-order valence-electron chi connectivity index (χ1n) is 11.3. The first kappa shape index (κ1) is 26.6. The predicted octanol–water partition coefficient (Wildman–Crippen LogP) is 5.53. The molecule has 1 fully saturated rings. The number of amides is 1. The quantitative estimate of drug-likeness (QED) is 0.470. The van der Waals surface area contributed by atoms with E-state index in [1.165, 1.54) is 0 Å². The Morgan fingerprint density at radius 2 is 1.29 bits per heavy atom. The van der Waals surface area contributed by atoms with E-state index in [9.17, 15) is 35.9 Å². The van der Waals surface area contributed by atoms with Crippen LogP contribution in [0.2, 0.25) is 0 Å². The van der Waals surface area contributed by atoms with Gasteiger partial charge in [-0.3, -0.25) is 9.59 Å². The number of carbonyl (C=O) groups is 2. The molecule has 190 valence electrons. The maximum atomic E-state index is 13.0. The van der Waals surface area contributed by atoms with Gasteiger partial charge in [0.05, 0.1) is 11.1 Å². The van der Waals surface area contributed by atoms with Gasteiger partial charge in [0.1, 0.15) is 5.78 Å². The van der Waals surface area contributed by atoms with Crippen molar-refractivity contribution in [3.8, 4) is 0 Å². The van der Waals surface area contributed by atoms with Crippen molar-refractivity contribution in [2.24, 2.45) is 0 Å². The summed E-state index contributed by atoms with van der Waals surface area (Å²) in [6.07, 6.45) is -9.23. The molecule has 0 bridgehead atoms. The Kier molecular flexibility index (Phi) is 8.12. The SMILES string of the molecule is CCCC(=O)N1CCN(c2ccc(CC(=O)Cc3cc(C(F)(F)F)cc(C(F)(F)F)c3)cc2)CC1. The first-order chi connectivity index (χ1) is 16.4. The van der Waals surface area contributed by atoms with Gasteiger partial charge >= 0.3 is 12.4 Å². The third-order valence-electron chi connectivity index (χ3n) is 5.85. The van der Waals surface area contributed by atoms with Crippen molar-refractivity contribution < 1.29 is 35.9 Å². The number of carbonyl (C=O) groups excluding carboxylic acids is 2. The fraction of sp³-hybridized carbons (Fsp3) is 0.440. The van der Waals surface area contributed by atoms with Gasteiger partial charge in [0.25, 0.3) is 0 Å². The van der Waals surface area contributed by atoms with Crippen molar-refractivity contribution >= 4 is 17.4 Å². The number of anilines is 1. The summed E-state index contributed by atoms with van der Waals surface area (Å²) in [6.45, 7) is 4.54.